The van der Waals surface area contributed by atoms with Gasteiger partial charge in [-0.1, -0.05) is 25.0 Å². The molecule has 0 aromatic heterocycles. The van der Waals surface area contributed by atoms with Gasteiger partial charge in [0.25, 0.3) is 0 Å². The molecule has 0 heterocycles. The van der Waals surface area contributed by atoms with Crippen LogP contribution in [-0.4, -0.2) is 35.6 Å². The van der Waals surface area contributed by atoms with E-state index in [1.807, 2.05) is 0 Å². The summed E-state index contributed by atoms with van der Waals surface area (Å²) < 4.78 is 0. The Bertz CT molecular complexity index is 536. The lowest BCUT2D eigenvalue weighted by Crippen LogP contribution is -2.35. The van der Waals surface area contributed by atoms with Crippen molar-refractivity contribution in [3.63, 3.8) is 0 Å². The van der Waals surface area contributed by atoms with Gasteiger partial charge in [-0.15, -0.1) is 0 Å². The molecule has 2 N–H and O–H groups in total. The number of para-hydroxylation sites is 1. The summed E-state index contributed by atoms with van der Waals surface area (Å²) in [5.74, 6) is -0.469. The Morgan fingerprint density at radius 1 is 1.33 bits per heavy atom. The second-order valence-corrected chi connectivity index (χ2v) is 5.76. The Morgan fingerprint density at radius 2 is 2.00 bits per heavy atom. The van der Waals surface area contributed by atoms with Crippen molar-refractivity contribution >= 4 is 17.7 Å². The first-order chi connectivity index (χ1) is 9.99. The zero-order valence-electron chi connectivity index (χ0n) is 12.6. The molecule has 0 saturated heterocycles. The third-order valence-corrected chi connectivity index (χ3v) is 4.09. The molecule has 2 rings (SSSR count). The molecule has 0 unspecified atom stereocenters. The maximum Gasteiger partial charge on any atom is 0.337 e. The van der Waals surface area contributed by atoms with Crippen LogP contribution in [0.2, 0.25) is 0 Å². The van der Waals surface area contributed by atoms with Gasteiger partial charge in [-0.3, -0.25) is 0 Å². The third kappa shape index (κ3) is 3.74. The van der Waals surface area contributed by atoms with Crippen LogP contribution in [-0.2, 0) is 0 Å². The summed E-state index contributed by atoms with van der Waals surface area (Å²) >= 11 is 0. The predicted molar refractivity (Wildman–Crippen MR) is 81.7 cm³/mol. The van der Waals surface area contributed by atoms with Gasteiger partial charge in [0, 0.05) is 13.6 Å². The summed E-state index contributed by atoms with van der Waals surface area (Å²) in [6.07, 6.45) is 4.81. The molecule has 1 aliphatic carbocycles. The topological polar surface area (TPSA) is 69.6 Å². The molecule has 0 radical (unpaired) electrons. The highest BCUT2D eigenvalue weighted by Gasteiger charge is 2.21. The summed E-state index contributed by atoms with van der Waals surface area (Å²) in [7, 11) is 1.76. The maximum absolute atomic E-state index is 12.2. The van der Waals surface area contributed by atoms with Gasteiger partial charge in [0.15, 0.2) is 0 Å². The van der Waals surface area contributed by atoms with Crippen molar-refractivity contribution in [2.75, 3.05) is 18.9 Å². The van der Waals surface area contributed by atoms with E-state index in [0.29, 0.717) is 11.6 Å². The van der Waals surface area contributed by atoms with Crippen molar-refractivity contribution in [2.45, 2.75) is 32.6 Å². The Morgan fingerprint density at radius 3 is 2.62 bits per heavy atom. The van der Waals surface area contributed by atoms with Crippen LogP contribution in [0.15, 0.2) is 18.2 Å². The molecule has 21 heavy (non-hydrogen) atoms. The first-order valence-corrected chi connectivity index (χ1v) is 7.34. The third-order valence-electron chi connectivity index (χ3n) is 4.09. The van der Waals surface area contributed by atoms with E-state index in [-0.39, 0.29) is 11.6 Å². The van der Waals surface area contributed by atoms with Crippen molar-refractivity contribution < 1.29 is 14.7 Å². The molecule has 0 bridgehead atoms. The molecule has 0 atom stereocenters. The van der Waals surface area contributed by atoms with Gasteiger partial charge < -0.3 is 15.3 Å². The highest BCUT2D eigenvalue weighted by Crippen LogP contribution is 2.26. The van der Waals surface area contributed by atoms with Crippen LogP contribution in [0.1, 0.15) is 41.6 Å². The fourth-order valence-corrected chi connectivity index (χ4v) is 2.88. The number of rotatable bonds is 4. The van der Waals surface area contributed by atoms with Crippen molar-refractivity contribution in [1.82, 2.24) is 4.90 Å². The fraction of sp³-hybridized carbons (Fsp3) is 0.500. The van der Waals surface area contributed by atoms with E-state index in [1.54, 1.807) is 31.0 Å². The molecule has 0 aliphatic heterocycles. The van der Waals surface area contributed by atoms with Crippen LogP contribution in [0.4, 0.5) is 10.5 Å². The van der Waals surface area contributed by atoms with E-state index < -0.39 is 5.97 Å². The van der Waals surface area contributed by atoms with Gasteiger partial charge in [0.2, 0.25) is 0 Å². The monoisotopic (exact) mass is 290 g/mol. The molecule has 2 amide bonds. The van der Waals surface area contributed by atoms with Gasteiger partial charge in [-0.05, 0) is 37.3 Å². The number of amides is 2. The van der Waals surface area contributed by atoms with E-state index in [1.165, 1.54) is 31.7 Å². The van der Waals surface area contributed by atoms with Crippen LogP contribution in [0, 0.1) is 12.8 Å². The molecule has 1 aromatic carbocycles. The summed E-state index contributed by atoms with van der Waals surface area (Å²) in [6.45, 7) is 2.51. The van der Waals surface area contributed by atoms with Gasteiger partial charge in [0.1, 0.15) is 0 Å². The second-order valence-electron chi connectivity index (χ2n) is 5.76. The highest BCUT2D eigenvalue weighted by atomic mass is 16.4. The summed E-state index contributed by atoms with van der Waals surface area (Å²) in [5, 5.41) is 11.9. The van der Waals surface area contributed by atoms with Gasteiger partial charge in [-0.2, -0.15) is 0 Å². The summed E-state index contributed by atoms with van der Waals surface area (Å²) in [5.41, 5.74) is 1.25. The van der Waals surface area contributed by atoms with Crippen molar-refractivity contribution in [2.24, 2.45) is 5.92 Å². The smallest absolute Gasteiger partial charge is 0.337 e. The minimum Gasteiger partial charge on any atom is -0.478 e. The van der Waals surface area contributed by atoms with Crippen LogP contribution in [0.5, 0.6) is 0 Å². The van der Waals surface area contributed by atoms with Crippen LogP contribution in [0.25, 0.3) is 0 Å². The lowest BCUT2D eigenvalue weighted by Gasteiger charge is -2.22. The summed E-state index contributed by atoms with van der Waals surface area (Å²) in [4.78, 5) is 25.1. The van der Waals surface area contributed by atoms with Gasteiger partial charge in [0.05, 0.1) is 11.3 Å². The van der Waals surface area contributed by atoms with Gasteiger partial charge >= 0.3 is 12.0 Å². The molecule has 1 fully saturated rings. The number of anilines is 1. The van der Waals surface area contributed by atoms with Crippen molar-refractivity contribution in [3.05, 3.63) is 29.3 Å². The number of carboxylic acids is 1. The Labute approximate surface area is 125 Å². The number of hydrogen-bond acceptors (Lipinski definition) is 2. The quantitative estimate of drug-likeness (QED) is 0.893. The number of hydrogen-bond donors (Lipinski definition) is 2. The van der Waals surface area contributed by atoms with E-state index in [2.05, 4.69) is 5.32 Å². The largest absolute Gasteiger partial charge is 0.478 e. The number of urea groups is 1. The molecule has 5 nitrogen and oxygen atoms in total. The lowest BCUT2D eigenvalue weighted by molar-refractivity contribution is 0.0698. The molecular weight excluding hydrogens is 268 g/mol. The standard InChI is InChI=1S/C16H22N2O3/c1-11-6-5-9-13(15(19)20)14(11)17-16(21)18(2)10-12-7-3-4-8-12/h5-6,9,12H,3-4,7-8,10H2,1-2H3,(H,17,21)(H,19,20). The molecule has 1 saturated carbocycles. The Kier molecular flexibility index (Phi) is 4.83. The number of carboxylic acid groups (broad SMARTS) is 1. The average Bonchev–Trinajstić information content (AvgIpc) is 2.93. The van der Waals surface area contributed by atoms with Crippen molar-refractivity contribution in [3.8, 4) is 0 Å². The molecule has 1 aliphatic rings. The van der Waals surface area contributed by atoms with Crippen LogP contribution >= 0.6 is 0 Å². The van der Waals surface area contributed by atoms with Gasteiger partial charge in [-0.25, -0.2) is 9.59 Å². The molecule has 0 spiro atoms. The zero-order chi connectivity index (χ0) is 15.4. The minimum absolute atomic E-state index is 0.123. The van der Waals surface area contributed by atoms with Crippen molar-refractivity contribution in [1.29, 1.82) is 0 Å². The number of carbonyl (C=O) groups excluding carboxylic acids is 1. The Balaban J connectivity index is 2.06. The van der Waals surface area contributed by atoms with E-state index in [4.69, 9.17) is 0 Å². The molecule has 1 aromatic rings. The minimum atomic E-state index is -1.03. The highest BCUT2D eigenvalue weighted by molar-refractivity contribution is 6.00. The van der Waals surface area contributed by atoms with E-state index in [9.17, 15) is 14.7 Å². The molecular formula is C16H22N2O3. The van der Waals surface area contributed by atoms with E-state index >= 15 is 0 Å². The normalized spacial score (nSPS) is 15.0. The number of aryl methyl sites for hydroxylation is 1. The van der Waals surface area contributed by atoms with Crippen LogP contribution < -0.4 is 5.32 Å². The number of nitrogens with zero attached hydrogens (tertiary/aromatic N) is 1. The zero-order valence-corrected chi connectivity index (χ0v) is 12.6. The molecule has 114 valence electrons. The maximum atomic E-state index is 12.2. The van der Waals surface area contributed by atoms with E-state index in [0.717, 1.165) is 12.1 Å². The summed E-state index contributed by atoms with van der Waals surface area (Å²) in [6, 6.07) is 4.72. The second kappa shape index (κ2) is 6.61. The molecule has 5 heteroatoms. The Hall–Kier alpha value is -2.04. The van der Waals surface area contributed by atoms with Crippen LogP contribution in [0.3, 0.4) is 0 Å². The first kappa shape index (κ1) is 15.4. The number of benzene rings is 1. The SMILES string of the molecule is Cc1cccc(C(=O)O)c1NC(=O)N(C)CC1CCCC1. The number of carbonyl (C=O) groups is 2. The lowest BCUT2D eigenvalue weighted by atomic mass is 10.1. The fourth-order valence-electron chi connectivity index (χ4n) is 2.88. The average molecular weight is 290 g/mol. The predicted octanol–water partition coefficient (Wildman–Crippen LogP) is 3.35. The number of aromatic carboxylic acids is 1. The first-order valence-electron chi connectivity index (χ1n) is 7.34. The number of nitrogens with one attached hydrogen (secondary N) is 1.